The van der Waals surface area contributed by atoms with Gasteiger partial charge in [0, 0.05) is 18.8 Å². The van der Waals surface area contributed by atoms with E-state index in [9.17, 15) is 9.18 Å². The highest BCUT2D eigenvalue weighted by molar-refractivity contribution is 5.93. The molecular formula is C22H28FN4O2+. The summed E-state index contributed by atoms with van der Waals surface area (Å²) in [6.45, 7) is 4.81. The number of nitrogens with zero attached hydrogens (tertiary/aromatic N) is 4. The fraction of sp³-hybridized carbons (Fsp3) is 0.409. The van der Waals surface area contributed by atoms with Gasteiger partial charge in [-0.25, -0.2) is 4.39 Å². The third-order valence-corrected chi connectivity index (χ3v) is 5.39. The molecular weight excluding hydrogens is 371 g/mol. The maximum absolute atomic E-state index is 13.4. The molecule has 0 bridgehead atoms. The first-order valence-corrected chi connectivity index (χ1v) is 9.72. The SMILES string of the molecule is CC=N/C(=C\C)c1cc(C(=O)N2CC(c3ccc(F)cc3)C([N+](C)(C)C)C2)no1. The first kappa shape index (κ1) is 20.9. The highest BCUT2D eigenvalue weighted by atomic mass is 19.1. The number of hydrogen-bond donors (Lipinski definition) is 0. The largest absolute Gasteiger partial charge is 0.354 e. The zero-order valence-electron chi connectivity index (χ0n) is 17.6. The number of benzene rings is 1. The molecule has 0 spiro atoms. The van der Waals surface area contributed by atoms with E-state index in [0.29, 0.717) is 29.0 Å². The van der Waals surface area contributed by atoms with Crippen LogP contribution in [0.5, 0.6) is 0 Å². The van der Waals surface area contributed by atoms with Crippen LogP contribution >= 0.6 is 0 Å². The molecule has 154 valence electrons. The molecule has 0 aliphatic carbocycles. The number of carbonyl (C=O) groups excluding carboxylic acids is 1. The Morgan fingerprint density at radius 1 is 1.24 bits per heavy atom. The Balaban J connectivity index is 1.85. The van der Waals surface area contributed by atoms with Gasteiger partial charge in [0.2, 0.25) is 0 Å². The number of aliphatic imine (C=N–C) groups is 1. The maximum atomic E-state index is 13.4. The van der Waals surface area contributed by atoms with Crippen molar-refractivity contribution in [1.82, 2.24) is 10.1 Å². The molecule has 2 atom stereocenters. The number of quaternary nitrogens is 1. The molecule has 1 aliphatic heterocycles. The summed E-state index contributed by atoms with van der Waals surface area (Å²) in [4.78, 5) is 19.1. The lowest BCUT2D eigenvalue weighted by Crippen LogP contribution is -2.49. The highest BCUT2D eigenvalue weighted by Crippen LogP contribution is 2.33. The van der Waals surface area contributed by atoms with Crippen molar-refractivity contribution in [3.63, 3.8) is 0 Å². The average Bonchev–Trinajstić information content (AvgIpc) is 3.33. The topological polar surface area (TPSA) is 58.7 Å². The van der Waals surface area contributed by atoms with E-state index in [1.807, 2.05) is 37.0 Å². The summed E-state index contributed by atoms with van der Waals surface area (Å²) in [6.07, 6.45) is 3.47. The molecule has 0 N–H and O–H groups in total. The first-order valence-electron chi connectivity index (χ1n) is 9.72. The van der Waals surface area contributed by atoms with Crippen LogP contribution in [0.1, 0.15) is 41.6 Å². The van der Waals surface area contributed by atoms with Crippen LogP contribution < -0.4 is 0 Å². The van der Waals surface area contributed by atoms with Crippen LogP contribution in [0.3, 0.4) is 0 Å². The Kier molecular flexibility index (Phi) is 5.98. The fourth-order valence-corrected chi connectivity index (χ4v) is 3.85. The molecule has 0 radical (unpaired) electrons. The molecule has 1 fully saturated rings. The van der Waals surface area contributed by atoms with E-state index >= 15 is 0 Å². The van der Waals surface area contributed by atoms with Gasteiger partial charge in [-0.3, -0.25) is 9.79 Å². The van der Waals surface area contributed by atoms with E-state index in [2.05, 4.69) is 31.3 Å². The van der Waals surface area contributed by atoms with Crippen molar-refractivity contribution in [1.29, 1.82) is 0 Å². The third kappa shape index (κ3) is 4.45. The Morgan fingerprint density at radius 2 is 1.93 bits per heavy atom. The number of hydrogen-bond acceptors (Lipinski definition) is 4. The second-order valence-electron chi connectivity index (χ2n) is 8.19. The Hall–Kier alpha value is -2.80. The number of rotatable bonds is 5. The van der Waals surface area contributed by atoms with Crippen molar-refractivity contribution in [3.8, 4) is 0 Å². The number of allylic oxidation sites excluding steroid dienone is 1. The highest BCUT2D eigenvalue weighted by Gasteiger charge is 2.44. The van der Waals surface area contributed by atoms with E-state index < -0.39 is 0 Å². The summed E-state index contributed by atoms with van der Waals surface area (Å²) in [5.41, 5.74) is 1.94. The van der Waals surface area contributed by atoms with Gasteiger partial charge in [-0.2, -0.15) is 0 Å². The summed E-state index contributed by atoms with van der Waals surface area (Å²) in [5.74, 6) is 0.151. The molecule has 1 aromatic carbocycles. The third-order valence-electron chi connectivity index (χ3n) is 5.39. The summed E-state index contributed by atoms with van der Waals surface area (Å²) in [6, 6.07) is 8.40. The number of likely N-dealkylation sites (N-methyl/N-ethyl adjacent to an activating group) is 1. The Bertz CT molecular complexity index is 925. The lowest BCUT2D eigenvalue weighted by atomic mass is 9.92. The molecule has 0 saturated carbocycles. The number of carbonyl (C=O) groups is 1. The van der Waals surface area contributed by atoms with Gasteiger partial charge in [0.15, 0.2) is 11.5 Å². The molecule has 6 nitrogen and oxygen atoms in total. The van der Waals surface area contributed by atoms with Gasteiger partial charge in [-0.05, 0) is 31.5 Å². The number of halogens is 1. The molecule has 29 heavy (non-hydrogen) atoms. The van der Waals surface area contributed by atoms with Crippen molar-refractivity contribution in [2.24, 2.45) is 4.99 Å². The molecule has 1 aromatic heterocycles. The van der Waals surface area contributed by atoms with Crippen molar-refractivity contribution >= 4 is 17.8 Å². The number of aromatic nitrogens is 1. The smallest absolute Gasteiger partial charge is 0.276 e. The first-order chi connectivity index (χ1) is 13.7. The average molecular weight is 399 g/mol. The van der Waals surface area contributed by atoms with Crippen molar-refractivity contribution < 1.29 is 18.2 Å². The summed E-state index contributed by atoms with van der Waals surface area (Å²) in [5, 5.41) is 3.97. The van der Waals surface area contributed by atoms with E-state index in [1.165, 1.54) is 12.1 Å². The minimum Gasteiger partial charge on any atom is -0.354 e. The van der Waals surface area contributed by atoms with Gasteiger partial charge in [0.1, 0.15) is 17.6 Å². The van der Waals surface area contributed by atoms with Gasteiger partial charge in [0.25, 0.3) is 5.91 Å². The van der Waals surface area contributed by atoms with E-state index in [-0.39, 0.29) is 29.4 Å². The lowest BCUT2D eigenvalue weighted by molar-refractivity contribution is -0.895. The maximum Gasteiger partial charge on any atom is 0.276 e. The van der Waals surface area contributed by atoms with Crippen LogP contribution in [0.2, 0.25) is 0 Å². The molecule has 7 heteroatoms. The van der Waals surface area contributed by atoms with E-state index in [1.54, 1.807) is 12.3 Å². The predicted molar refractivity (Wildman–Crippen MR) is 111 cm³/mol. The van der Waals surface area contributed by atoms with Crippen molar-refractivity contribution in [2.45, 2.75) is 25.8 Å². The monoisotopic (exact) mass is 399 g/mol. The summed E-state index contributed by atoms with van der Waals surface area (Å²) >= 11 is 0. The van der Waals surface area contributed by atoms with Crippen molar-refractivity contribution in [3.05, 3.63) is 59.2 Å². The quantitative estimate of drug-likeness (QED) is 0.570. The van der Waals surface area contributed by atoms with Crippen LogP contribution in [0.15, 0.2) is 45.9 Å². The zero-order chi connectivity index (χ0) is 21.2. The lowest BCUT2D eigenvalue weighted by Gasteiger charge is -2.34. The molecule has 3 rings (SSSR count). The van der Waals surface area contributed by atoms with Gasteiger partial charge >= 0.3 is 0 Å². The normalized spacial score (nSPS) is 20.6. The minimum atomic E-state index is -0.258. The molecule has 2 unspecified atom stereocenters. The standard InChI is InChI=1S/C22H28FN4O2/c1-6-18(24-7-2)21-12-19(25-29-21)22(28)26-13-17(20(14-26)27(3,4)5)15-8-10-16(23)11-9-15/h6-12,17,20H,13-14H2,1-5H3/q+1/b18-6-,24-7?. The van der Waals surface area contributed by atoms with Gasteiger partial charge in [-0.15, -0.1) is 0 Å². The van der Waals surface area contributed by atoms with Crippen LogP contribution in [0.4, 0.5) is 4.39 Å². The van der Waals surface area contributed by atoms with Crippen LogP contribution in [-0.4, -0.2) is 66.9 Å². The minimum absolute atomic E-state index is 0.113. The van der Waals surface area contributed by atoms with E-state index in [4.69, 9.17) is 4.52 Å². The number of amides is 1. The van der Waals surface area contributed by atoms with Gasteiger partial charge in [0.05, 0.1) is 33.6 Å². The molecule has 2 aromatic rings. The molecule has 1 amide bonds. The molecule has 1 aliphatic rings. The molecule has 1 saturated heterocycles. The van der Waals surface area contributed by atoms with Crippen LogP contribution in [-0.2, 0) is 0 Å². The Labute approximate surface area is 170 Å². The Morgan fingerprint density at radius 3 is 2.52 bits per heavy atom. The summed E-state index contributed by atoms with van der Waals surface area (Å²) in [7, 11) is 6.35. The van der Waals surface area contributed by atoms with Gasteiger partial charge in [-0.1, -0.05) is 23.4 Å². The predicted octanol–water partition coefficient (Wildman–Crippen LogP) is 3.58. The fourth-order valence-electron chi connectivity index (χ4n) is 3.85. The second-order valence-corrected chi connectivity index (χ2v) is 8.19. The summed E-state index contributed by atoms with van der Waals surface area (Å²) < 4.78 is 19.4. The van der Waals surface area contributed by atoms with E-state index in [0.717, 1.165) is 5.56 Å². The van der Waals surface area contributed by atoms with Crippen LogP contribution in [0, 0.1) is 5.82 Å². The molecule has 2 heterocycles. The van der Waals surface area contributed by atoms with Crippen LogP contribution in [0.25, 0.3) is 5.70 Å². The zero-order valence-corrected chi connectivity index (χ0v) is 17.6. The number of likely N-dealkylation sites (tertiary alicyclic amines) is 1. The van der Waals surface area contributed by atoms with Gasteiger partial charge < -0.3 is 13.9 Å². The second kappa shape index (κ2) is 8.29. The van der Waals surface area contributed by atoms with Crippen molar-refractivity contribution in [2.75, 3.05) is 34.2 Å².